The Bertz CT molecular complexity index is 306. The van der Waals surface area contributed by atoms with Crippen LogP contribution in [0.2, 0.25) is 0 Å². The largest absolute Gasteiger partial charge is 0.355 e. The molecule has 2 atom stereocenters. The minimum absolute atomic E-state index is 0.0453. The van der Waals surface area contributed by atoms with Crippen LogP contribution in [-0.4, -0.2) is 36.6 Å². The van der Waals surface area contributed by atoms with Crippen molar-refractivity contribution in [1.82, 2.24) is 10.2 Å². The number of halogens is 1. The molecule has 5 nitrogen and oxygen atoms in total. The number of hydrogen-bond donors (Lipinski definition) is 1. The number of ether oxygens (including phenoxy) is 1. The molecule has 0 aromatic rings. The molecule has 0 aliphatic carbocycles. The smallest absolute Gasteiger partial charge is 0.281 e. The second-order valence-corrected chi connectivity index (χ2v) is 3.59. The van der Waals surface area contributed by atoms with Gasteiger partial charge in [-0.15, -0.1) is 0 Å². The fourth-order valence-electron chi connectivity index (χ4n) is 1.49. The van der Waals surface area contributed by atoms with Crippen molar-refractivity contribution in [2.45, 2.75) is 32.1 Å². The molecular formula is C10H15FN2O3. The maximum Gasteiger partial charge on any atom is 0.281 e. The van der Waals surface area contributed by atoms with Crippen LogP contribution in [0, 0.1) is 0 Å². The number of nitrogens with one attached hydrogen (secondary N) is 1. The molecule has 1 heterocycles. The number of likely N-dealkylation sites (N-methyl/N-ethyl adjacent to an activating group) is 1. The lowest BCUT2D eigenvalue weighted by molar-refractivity contribution is -0.126. The van der Waals surface area contributed by atoms with Gasteiger partial charge in [0.25, 0.3) is 5.91 Å². The van der Waals surface area contributed by atoms with Gasteiger partial charge in [-0.3, -0.25) is 14.5 Å². The molecule has 1 aliphatic rings. The van der Waals surface area contributed by atoms with E-state index in [4.69, 9.17) is 4.74 Å². The molecule has 1 saturated heterocycles. The van der Waals surface area contributed by atoms with E-state index in [0.717, 1.165) is 17.5 Å². The zero-order valence-corrected chi connectivity index (χ0v) is 9.27. The lowest BCUT2D eigenvalue weighted by Crippen LogP contribution is -2.31. The fraction of sp³-hybridized carbons (Fsp3) is 0.600. The van der Waals surface area contributed by atoms with Crippen LogP contribution in [0.4, 0.5) is 4.39 Å². The molecule has 1 N–H and O–H groups in total. The first kappa shape index (κ1) is 12.6. The minimum atomic E-state index is -1.02. The van der Waals surface area contributed by atoms with Gasteiger partial charge in [-0.25, -0.2) is 0 Å². The molecule has 0 spiro atoms. The summed E-state index contributed by atoms with van der Waals surface area (Å²) in [5, 5.41) is 2.13. The quantitative estimate of drug-likeness (QED) is 0.566. The highest BCUT2D eigenvalue weighted by Crippen LogP contribution is 2.22. The average Bonchev–Trinajstić information content (AvgIpc) is 2.71. The third kappa shape index (κ3) is 3.03. The molecule has 1 fully saturated rings. The maximum atomic E-state index is 13.2. The van der Waals surface area contributed by atoms with Crippen LogP contribution < -0.4 is 5.32 Å². The van der Waals surface area contributed by atoms with Crippen LogP contribution in [0.1, 0.15) is 19.8 Å². The monoisotopic (exact) mass is 230 g/mol. The Morgan fingerprint density at radius 2 is 2.25 bits per heavy atom. The Morgan fingerprint density at radius 1 is 1.56 bits per heavy atom. The molecule has 90 valence electrons. The first-order chi connectivity index (χ1) is 7.58. The van der Waals surface area contributed by atoms with E-state index in [1.165, 1.54) is 7.05 Å². The van der Waals surface area contributed by atoms with Crippen molar-refractivity contribution >= 4 is 12.3 Å². The van der Waals surface area contributed by atoms with Crippen LogP contribution in [0.15, 0.2) is 12.0 Å². The third-order valence-corrected chi connectivity index (χ3v) is 2.37. The van der Waals surface area contributed by atoms with Gasteiger partial charge in [-0.05, 0) is 19.8 Å². The first-order valence-electron chi connectivity index (χ1n) is 5.06. The molecule has 1 rings (SSSR count). The topological polar surface area (TPSA) is 58.6 Å². The summed E-state index contributed by atoms with van der Waals surface area (Å²) in [6, 6.07) is 0. The third-order valence-electron chi connectivity index (χ3n) is 2.37. The van der Waals surface area contributed by atoms with E-state index < -0.39 is 18.0 Å². The van der Waals surface area contributed by atoms with E-state index in [9.17, 15) is 14.0 Å². The van der Waals surface area contributed by atoms with Crippen LogP contribution in [0.3, 0.4) is 0 Å². The zero-order valence-electron chi connectivity index (χ0n) is 9.27. The highest BCUT2D eigenvalue weighted by molar-refractivity contribution is 5.91. The van der Waals surface area contributed by atoms with Crippen molar-refractivity contribution in [2.24, 2.45) is 0 Å². The summed E-state index contributed by atoms with van der Waals surface area (Å²) in [6.07, 6.45) is 2.31. The summed E-state index contributed by atoms with van der Waals surface area (Å²) in [4.78, 5) is 22.7. The second kappa shape index (κ2) is 5.60. The van der Waals surface area contributed by atoms with Gasteiger partial charge < -0.3 is 10.1 Å². The zero-order chi connectivity index (χ0) is 12.1. The highest BCUT2D eigenvalue weighted by atomic mass is 19.1. The number of carbonyl (C=O) groups excluding carboxylic acids is 2. The molecule has 0 radical (unpaired) electrons. The van der Waals surface area contributed by atoms with Crippen LogP contribution in [0.25, 0.3) is 0 Å². The second-order valence-electron chi connectivity index (χ2n) is 3.59. The Balaban J connectivity index is 2.68. The molecule has 6 heteroatoms. The predicted molar refractivity (Wildman–Crippen MR) is 54.7 cm³/mol. The molecule has 16 heavy (non-hydrogen) atoms. The molecule has 0 saturated carbocycles. The van der Waals surface area contributed by atoms with Crippen LogP contribution >= 0.6 is 0 Å². The lowest BCUT2D eigenvalue weighted by atomic mass is 10.2. The predicted octanol–water partition coefficient (Wildman–Crippen LogP) is 0.527. The van der Waals surface area contributed by atoms with Crippen molar-refractivity contribution < 1.29 is 18.7 Å². The van der Waals surface area contributed by atoms with Gasteiger partial charge >= 0.3 is 0 Å². The Morgan fingerprint density at radius 3 is 2.69 bits per heavy atom. The Labute approximate surface area is 93.2 Å². The molecule has 0 aromatic carbocycles. The molecule has 0 aromatic heterocycles. The normalized spacial score (nSPS) is 25.3. The summed E-state index contributed by atoms with van der Waals surface area (Å²) in [7, 11) is 1.31. The molecule has 1 aliphatic heterocycles. The van der Waals surface area contributed by atoms with Gasteiger partial charge in [0.2, 0.25) is 12.2 Å². The van der Waals surface area contributed by atoms with Gasteiger partial charge in [-0.1, -0.05) is 0 Å². The van der Waals surface area contributed by atoms with E-state index in [0.29, 0.717) is 12.8 Å². The highest BCUT2D eigenvalue weighted by Gasteiger charge is 2.26. The number of nitrogens with zero attached hydrogens (tertiary/aromatic N) is 1. The van der Waals surface area contributed by atoms with Gasteiger partial charge in [0.1, 0.15) is 6.23 Å². The SMILES string of the molecule is CNC(=O)/C(F)=C\N(C=O)C1CCC(C)O1. The van der Waals surface area contributed by atoms with Gasteiger partial charge in [-0.2, -0.15) is 4.39 Å². The summed E-state index contributed by atoms with van der Waals surface area (Å²) in [5.74, 6) is -1.88. The van der Waals surface area contributed by atoms with E-state index in [2.05, 4.69) is 5.32 Å². The van der Waals surface area contributed by atoms with Crippen molar-refractivity contribution in [3.63, 3.8) is 0 Å². The van der Waals surface area contributed by atoms with E-state index >= 15 is 0 Å². The van der Waals surface area contributed by atoms with E-state index in [1.807, 2.05) is 6.92 Å². The standard InChI is InChI=1S/C10H15FN2O3/c1-7-3-4-9(16-7)13(6-14)5-8(11)10(15)12-2/h5-7,9H,3-4H2,1-2H3,(H,12,15)/b8-5+. The van der Waals surface area contributed by atoms with Gasteiger partial charge in [0, 0.05) is 7.05 Å². The summed E-state index contributed by atoms with van der Waals surface area (Å²) < 4.78 is 18.6. The van der Waals surface area contributed by atoms with Crippen LogP contribution in [0.5, 0.6) is 0 Å². The summed E-state index contributed by atoms with van der Waals surface area (Å²) in [6.45, 7) is 1.88. The minimum Gasteiger partial charge on any atom is -0.355 e. The Hall–Kier alpha value is -1.43. The molecule has 2 unspecified atom stereocenters. The average molecular weight is 230 g/mol. The maximum absolute atomic E-state index is 13.2. The number of amides is 2. The van der Waals surface area contributed by atoms with Crippen molar-refractivity contribution in [3.8, 4) is 0 Å². The number of hydrogen-bond acceptors (Lipinski definition) is 3. The molecule has 2 amide bonds. The van der Waals surface area contributed by atoms with Gasteiger partial charge in [0.05, 0.1) is 12.3 Å². The van der Waals surface area contributed by atoms with E-state index in [-0.39, 0.29) is 6.10 Å². The van der Waals surface area contributed by atoms with Gasteiger partial charge in [0.15, 0.2) is 0 Å². The van der Waals surface area contributed by atoms with Crippen molar-refractivity contribution in [2.75, 3.05) is 7.05 Å². The molecular weight excluding hydrogens is 215 g/mol. The number of rotatable bonds is 4. The van der Waals surface area contributed by atoms with Crippen molar-refractivity contribution in [1.29, 1.82) is 0 Å². The van der Waals surface area contributed by atoms with E-state index in [1.54, 1.807) is 0 Å². The lowest BCUT2D eigenvalue weighted by Gasteiger charge is -2.20. The summed E-state index contributed by atoms with van der Waals surface area (Å²) in [5.41, 5.74) is 0. The summed E-state index contributed by atoms with van der Waals surface area (Å²) >= 11 is 0. The first-order valence-corrected chi connectivity index (χ1v) is 5.06. The Kier molecular flexibility index (Phi) is 4.42. The number of carbonyl (C=O) groups is 2. The van der Waals surface area contributed by atoms with Crippen LogP contribution in [-0.2, 0) is 14.3 Å². The fourth-order valence-corrected chi connectivity index (χ4v) is 1.49. The molecule has 0 bridgehead atoms. The van der Waals surface area contributed by atoms with Crippen molar-refractivity contribution in [3.05, 3.63) is 12.0 Å².